The molecule has 0 aliphatic carbocycles. The molecule has 1 aliphatic heterocycles. The van der Waals surface area contributed by atoms with Crippen LogP contribution in [0.4, 0.5) is 5.69 Å². The van der Waals surface area contributed by atoms with Crippen LogP contribution in [0.15, 0.2) is 42.5 Å². The van der Waals surface area contributed by atoms with Gasteiger partial charge >= 0.3 is 0 Å². The van der Waals surface area contributed by atoms with Gasteiger partial charge in [-0.2, -0.15) is 0 Å². The molecule has 0 aromatic heterocycles. The van der Waals surface area contributed by atoms with Crippen LogP contribution in [0, 0.1) is 19.8 Å². The Bertz CT molecular complexity index is 814. The zero-order valence-electron chi connectivity index (χ0n) is 15.1. The summed E-state index contributed by atoms with van der Waals surface area (Å²) in [4.78, 5) is 27.4. The molecule has 136 valence electrons. The number of piperidine rings is 1. The standard InChI is InChI=1S/C21H23ClN2O2/c1-14-6-3-7-15(2)19(14)21(26)24-11-5-8-16(13-24)20(25)23-18-10-4-9-17(22)12-18/h3-4,6-7,9-10,12,16H,5,8,11,13H2,1-2H3,(H,23,25)/t16-/m0/s1. The predicted molar refractivity (Wildman–Crippen MR) is 105 cm³/mol. The van der Waals surface area contributed by atoms with E-state index >= 15 is 0 Å². The molecule has 1 atom stereocenters. The maximum atomic E-state index is 13.0. The number of nitrogens with one attached hydrogen (secondary N) is 1. The number of carbonyl (C=O) groups excluding carboxylic acids is 2. The van der Waals surface area contributed by atoms with Gasteiger partial charge in [0.1, 0.15) is 0 Å². The lowest BCUT2D eigenvalue weighted by atomic mass is 9.95. The number of nitrogens with zero attached hydrogens (tertiary/aromatic N) is 1. The molecule has 1 saturated heterocycles. The van der Waals surface area contributed by atoms with Crippen molar-refractivity contribution in [1.82, 2.24) is 4.90 Å². The fraction of sp³-hybridized carbons (Fsp3) is 0.333. The Kier molecular flexibility index (Phi) is 5.62. The molecule has 0 unspecified atom stereocenters. The Labute approximate surface area is 159 Å². The number of anilines is 1. The van der Waals surface area contributed by atoms with E-state index in [0.29, 0.717) is 23.8 Å². The van der Waals surface area contributed by atoms with Crippen molar-refractivity contribution in [2.45, 2.75) is 26.7 Å². The highest BCUT2D eigenvalue weighted by Crippen LogP contribution is 2.23. The lowest BCUT2D eigenvalue weighted by Gasteiger charge is -2.32. The normalized spacial score (nSPS) is 17.0. The molecular formula is C21H23ClN2O2. The first-order chi connectivity index (χ1) is 12.5. The second-order valence-electron chi connectivity index (χ2n) is 6.86. The van der Waals surface area contributed by atoms with E-state index in [4.69, 9.17) is 11.6 Å². The highest BCUT2D eigenvalue weighted by Gasteiger charge is 2.30. The van der Waals surface area contributed by atoms with Crippen molar-refractivity contribution in [2.75, 3.05) is 18.4 Å². The van der Waals surface area contributed by atoms with Gasteiger partial charge in [-0.05, 0) is 56.0 Å². The van der Waals surface area contributed by atoms with Crippen molar-refractivity contribution in [2.24, 2.45) is 5.92 Å². The topological polar surface area (TPSA) is 49.4 Å². The molecule has 1 fully saturated rings. The summed E-state index contributed by atoms with van der Waals surface area (Å²) >= 11 is 5.97. The SMILES string of the molecule is Cc1cccc(C)c1C(=O)N1CCC[C@H](C(=O)Nc2cccc(Cl)c2)C1. The fourth-order valence-electron chi connectivity index (χ4n) is 3.50. The molecule has 0 spiro atoms. The molecule has 4 nitrogen and oxygen atoms in total. The van der Waals surface area contributed by atoms with Gasteiger partial charge in [0.2, 0.25) is 5.91 Å². The molecule has 2 amide bonds. The van der Waals surface area contributed by atoms with Crippen LogP contribution >= 0.6 is 11.6 Å². The third-order valence-corrected chi connectivity index (χ3v) is 5.10. The number of likely N-dealkylation sites (tertiary alicyclic amines) is 1. The second kappa shape index (κ2) is 7.92. The molecule has 1 aliphatic rings. The van der Waals surface area contributed by atoms with Gasteiger partial charge in [-0.25, -0.2) is 0 Å². The number of benzene rings is 2. The summed E-state index contributed by atoms with van der Waals surface area (Å²) < 4.78 is 0. The van der Waals surface area contributed by atoms with Gasteiger partial charge in [0.15, 0.2) is 0 Å². The van der Waals surface area contributed by atoms with Crippen LogP contribution < -0.4 is 5.32 Å². The minimum absolute atomic E-state index is 0.0147. The van der Waals surface area contributed by atoms with Crippen LogP contribution in [0.2, 0.25) is 5.02 Å². The Morgan fingerprint density at radius 3 is 2.50 bits per heavy atom. The summed E-state index contributed by atoms with van der Waals surface area (Å²) in [5.41, 5.74) is 3.38. The summed E-state index contributed by atoms with van der Waals surface area (Å²) in [6.07, 6.45) is 1.60. The Balaban J connectivity index is 1.71. The molecule has 5 heteroatoms. The maximum Gasteiger partial charge on any atom is 0.254 e. The molecule has 0 saturated carbocycles. The smallest absolute Gasteiger partial charge is 0.254 e. The lowest BCUT2D eigenvalue weighted by Crippen LogP contribution is -2.44. The van der Waals surface area contributed by atoms with Gasteiger partial charge in [0, 0.05) is 29.4 Å². The van der Waals surface area contributed by atoms with Gasteiger partial charge in [-0.3, -0.25) is 9.59 Å². The highest BCUT2D eigenvalue weighted by molar-refractivity contribution is 6.30. The van der Waals surface area contributed by atoms with Crippen LogP contribution in [0.3, 0.4) is 0 Å². The van der Waals surface area contributed by atoms with E-state index in [-0.39, 0.29) is 17.7 Å². The number of halogens is 1. The van der Waals surface area contributed by atoms with Gasteiger partial charge in [0.05, 0.1) is 5.92 Å². The van der Waals surface area contributed by atoms with E-state index in [2.05, 4.69) is 5.32 Å². The van der Waals surface area contributed by atoms with Gasteiger partial charge in [0.25, 0.3) is 5.91 Å². The average Bonchev–Trinajstić information content (AvgIpc) is 2.61. The maximum absolute atomic E-state index is 13.0. The van der Waals surface area contributed by atoms with Crippen LogP contribution in [0.1, 0.15) is 34.3 Å². The van der Waals surface area contributed by atoms with E-state index in [1.807, 2.05) is 38.1 Å². The zero-order valence-corrected chi connectivity index (χ0v) is 15.8. The molecule has 26 heavy (non-hydrogen) atoms. The van der Waals surface area contributed by atoms with Crippen molar-refractivity contribution in [3.63, 3.8) is 0 Å². The molecule has 2 aromatic carbocycles. The molecule has 1 N–H and O–H groups in total. The molecule has 0 radical (unpaired) electrons. The summed E-state index contributed by atoms with van der Waals surface area (Å²) in [5, 5.41) is 3.49. The Morgan fingerprint density at radius 2 is 1.81 bits per heavy atom. The fourth-order valence-corrected chi connectivity index (χ4v) is 3.69. The Hall–Kier alpha value is -2.33. The highest BCUT2D eigenvalue weighted by atomic mass is 35.5. The van der Waals surface area contributed by atoms with Crippen molar-refractivity contribution < 1.29 is 9.59 Å². The van der Waals surface area contributed by atoms with E-state index in [1.54, 1.807) is 23.1 Å². The molecular weight excluding hydrogens is 348 g/mol. The van der Waals surface area contributed by atoms with E-state index < -0.39 is 0 Å². The van der Waals surface area contributed by atoms with Gasteiger partial charge in [-0.1, -0.05) is 35.9 Å². The number of amides is 2. The Morgan fingerprint density at radius 1 is 1.12 bits per heavy atom. The largest absolute Gasteiger partial charge is 0.338 e. The first-order valence-corrected chi connectivity index (χ1v) is 9.25. The first kappa shape index (κ1) is 18.5. The van der Waals surface area contributed by atoms with E-state index in [1.165, 1.54) is 0 Å². The van der Waals surface area contributed by atoms with Crippen molar-refractivity contribution in [1.29, 1.82) is 0 Å². The average molecular weight is 371 g/mol. The summed E-state index contributed by atoms with van der Waals surface area (Å²) in [7, 11) is 0. The second-order valence-corrected chi connectivity index (χ2v) is 7.29. The summed E-state index contributed by atoms with van der Waals surface area (Å²) in [6.45, 7) is 5.04. The monoisotopic (exact) mass is 370 g/mol. The van der Waals surface area contributed by atoms with Gasteiger partial charge < -0.3 is 10.2 Å². The summed E-state index contributed by atoms with van der Waals surface area (Å²) in [5.74, 6) is -0.261. The molecule has 2 aromatic rings. The number of carbonyl (C=O) groups is 2. The number of hydrogen-bond acceptors (Lipinski definition) is 2. The number of hydrogen-bond donors (Lipinski definition) is 1. The van der Waals surface area contributed by atoms with Gasteiger partial charge in [-0.15, -0.1) is 0 Å². The third-order valence-electron chi connectivity index (χ3n) is 4.87. The third kappa shape index (κ3) is 4.07. The molecule has 3 rings (SSSR count). The number of rotatable bonds is 3. The van der Waals surface area contributed by atoms with Crippen molar-refractivity contribution in [3.8, 4) is 0 Å². The van der Waals surface area contributed by atoms with E-state index in [9.17, 15) is 9.59 Å². The van der Waals surface area contributed by atoms with E-state index in [0.717, 1.165) is 29.5 Å². The first-order valence-electron chi connectivity index (χ1n) is 8.87. The predicted octanol–water partition coefficient (Wildman–Crippen LogP) is 4.45. The lowest BCUT2D eigenvalue weighted by molar-refractivity contribution is -0.121. The zero-order chi connectivity index (χ0) is 18.7. The van der Waals surface area contributed by atoms with Crippen LogP contribution in [0.25, 0.3) is 0 Å². The van der Waals surface area contributed by atoms with Crippen molar-refractivity contribution in [3.05, 3.63) is 64.2 Å². The molecule has 0 bridgehead atoms. The minimum Gasteiger partial charge on any atom is -0.338 e. The minimum atomic E-state index is -0.212. The molecule has 1 heterocycles. The van der Waals surface area contributed by atoms with Crippen LogP contribution in [0.5, 0.6) is 0 Å². The quantitative estimate of drug-likeness (QED) is 0.867. The van der Waals surface area contributed by atoms with Crippen molar-refractivity contribution >= 4 is 29.1 Å². The number of aryl methyl sites for hydroxylation is 2. The van der Waals surface area contributed by atoms with Crippen LogP contribution in [-0.4, -0.2) is 29.8 Å². The van der Waals surface area contributed by atoms with Crippen LogP contribution in [-0.2, 0) is 4.79 Å². The summed E-state index contributed by atoms with van der Waals surface area (Å²) in [6, 6.07) is 13.0.